The number of carbonyl (C=O) groups is 2. The number of thiol groups is 1. The molecular weight excluding hydrogens is 533 g/mol. The highest BCUT2D eigenvalue weighted by Crippen LogP contribution is 2.69. The molecule has 0 spiro atoms. The second kappa shape index (κ2) is 9.49. The SMILES string of the molecule is COCC(=O)OC1(C(=O)S)CCC2C3CC(C)C4=Cc5c(cnn5-c5ccc(F)nc5)CC4(C)C3C(O)CC21C. The molecule has 4 aliphatic carbocycles. The fourth-order valence-corrected chi connectivity index (χ4v) is 9.63. The van der Waals surface area contributed by atoms with Crippen molar-refractivity contribution in [1.82, 2.24) is 14.8 Å². The first-order valence-electron chi connectivity index (χ1n) is 14.0. The lowest BCUT2D eigenvalue weighted by Crippen LogP contribution is -2.63. The van der Waals surface area contributed by atoms with E-state index in [0.717, 1.165) is 24.1 Å². The van der Waals surface area contributed by atoms with Crippen LogP contribution in [0.1, 0.15) is 57.7 Å². The van der Waals surface area contributed by atoms with Gasteiger partial charge in [-0.2, -0.15) is 9.49 Å². The van der Waals surface area contributed by atoms with E-state index in [1.54, 1.807) is 10.7 Å². The number of rotatable bonds is 5. The van der Waals surface area contributed by atoms with Gasteiger partial charge >= 0.3 is 5.97 Å². The van der Waals surface area contributed by atoms with Gasteiger partial charge in [0, 0.05) is 12.5 Å². The third-order valence-corrected chi connectivity index (χ3v) is 11.1. The molecule has 40 heavy (non-hydrogen) atoms. The van der Waals surface area contributed by atoms with Gasteiger partial charge in [0.2, 0.25) is 11.1 Å². The number of pyridine rings is 1. The monoisotopic (exact) mass is 569 g/mol. The predicted molar refractivity (Wildman–Crippen MR) is 148 cm³/mol. The number of halogens is 1. The van der Waals surface area contributed by atoms with Gasteiger partial charge in [-0.05, 0) is 85.0 Å². The number of methoxy groups -OCH3 is 1. The van der Waals surface area contributed by atoms with Gasteiger partial charge in [-0.15, -0.1) is 12.6 Å². The summed E-state index contributed by atoms with van der Waals surface area (Å²) in [5, 5.41) is 16.1. The Kier molecular flexibility index (Phi) is 6.55. The molecule has 1 N–H and O–H groups in total. The van der Waals surface area contributed by atoms with Crippen molar-refractivity contribution in [2.24, 2.45) is 34.5 Å². The summed E-state index contributed by atoms with van der Waals surface area (Å²) in [4.78, 5) is 29.5. The van der Waals surface area contributed by atoms with E-state index >= 15 is 0 Å². The lowest BCUT2D eigenvalue weighted by atomic mass is 9.44. The first kappa shape index (κ1) is 27.6. The first-order valence-corrected chi connectivity index (χ1v) is 14.4. The van der Waals surface area contributed by atoms with Gasteiger partial charge in [-0.3, -0.25) is 4.79 Å². The van der Waals surface area contributed by atoms with Crippen LogP contribution in [0.5, 0.6) is 0 Å². The van der Waals surface area contributed by atoms with Crippen LogP contribution in [-0.4, -0.2) is 56.4 Å². The van der Waals surface area contributed by atoms with E-state index in [1.165, 1.54) is 24.9 Å². The molecule has 6 rings (SSSR count). The fraction of sp³-hybridized carbons (Fsp3) is 0.600. The van der Waals surface area contributed by atoms with Crippen molar-refractivity contribution in [2.75, 3.05) is 13.7 Å². The maximum absolute atomic E-state index is 13.5. The molecule has 2 aromatic heterocycles. The highest BCUT2D eigenvalue weighted by molar-refractivity contribution is 7.96. The molecule has 8 unspecified atom stereocenters. The average molecular weight is 570 g/mol. The summed E-state index contributed by atoms with van der Waals surface area (Å²) in [5.74, 6) is -0.711. The number of aromatic nitrogens is 3. The molecule has 0 radical (unpaired) electrons. The summed E-state index contributed by atoms with van der Waals surface area (Å²) in [5.41, 5.74) is 1.56. The van der Waals surface area contributed by atoms with Gasteiger partial charge in [0.05, 0.1) is 29.9 Å². The zero-order valence-corrected chi connectivity index (χ0v) is 24.2. The van der Waals surface area contributed by atoms with Crippen LogP contribution in [0.2, 0.25) is 0 Å². The van der Waals surface area contributed by atoms with E-state index in [9.17, 15) is 19.1 Å². The number of carbonyl (C=O) groups excluding carboxylic acids is 2. The average Bonchev–Trinajstić information content (AvgIpc) is 3.41. The molecule has 0 saturated heterocycles. The summed E-state index contributed by atoms with van der Waals surface area (Å²) in [6.07, 6.45) is 7.88. The van der Waals surface area contributed by atoms with E-state index in [2.05, 4.69) is 42.6 Å². The number of esters is 1. The molecule has 8 atom stereocenters. The Balaban J connectivity index is 1.37. The number of ether oxygens (including phenoxy) is 2. The Bertz CT molecular complexity index is 1390. The maximum Gasteiger partial charge on any atom is 0.333 e. The lowest BCUT2D eigenvalue weighted by Gasteiger charge is -2.61. The number of nitrogens with zero attached hydrogens (tertiary/aromatic N) is 3. The van der Waals surface area contributed by atoms with Gasteiger partial charge in [-0.25, -0.2) is 14.5 Å². The van der Waals surface area contributed by atoms with Crippen molar-refractivity contribution in [3.8, 4) is 5.69 Å². The molecular formula is C30H36FN3O5S. The number of allylic oxidation sites excluding steroid dienone is 1. The number of aliphatic hydroxyl groups is 1. The van der Waals surface area contributed by atoms with Crippen molar-refractivity contribution >= 4 is 29.8 Å². The predicted octanol–water partition coefficient (Wildman–Crippen LogP) is 4.19. The number of hydrogen-bond acceptors (Lipinski definition) is 7. The maximum atomic E-state index is 13.5. The molecule has 3 fully saturated rings. The van der Waals surface area contributed by atoms with Crippen LogP contribution in [0.3, 0.4) is 0 Å². The highest BCUT2D eigenvalue weighted by atomic mass is 32.1. The minimum Gasteiger partial charge on any atom is -0.448 e. The Morgan fingerprint density at radius 1 is 1.27 bits per heavy atom. The van der Waals surface area contributed by atoms with Gasteiger partial charge < -0.3 is 14.6 Å². The highest BCUT2D eigenvalue weighted by Gasteiger charge is 2.70. The van der Waals surface area contributed by atoms with E-state index in [4.69, 9.17) is 9.47 Å². The minimum absolute atomic E-state index is 0.0301. The van der Waals surface area contributed by atoms with Crippen LogP contribution in [-0.2, 0) is 25.5 Å². The normalized spacial score (nSPS) is 38.0. The Morgan fingerprint density at radius 2 is 2.05 bits per heavy atom. The quantitative estimate of drug-likeness (QED) is 0.316. The summed E-state index contributed by atoms with van der Waals surface area (Å²) in [6.45, 7) is 6.23. The zero-order valence-electron chi connectivity index (χ0n) is 23.3. The van der Waals surface area contributed by atoms with E-state index in [0.29, 0.717) is 24.9 Å². The molecule has 2 aromatic rings. The van der Waals surface area contributed by atoms with Crippen LogP contribution in [0, 0.1) is 40.4 Å². The van der Waals surface area contributed by atoms with Gasteiger partial charge in [-0.1, -0.05) is 26.3 Å². The van der Waals surface area contributed by atoms with Crippen molar-refractivity contribution in [3.05, 3.63) is 47.3 Å². The van der Waals surface area contributed by atoms with Crippen LogP contribution in [0.25, 0.3) is 11.8 Å². The standard InChI is InChI=1S/C30H36FN3O5S/c1-16-9-19-20-7-8-30(27(37)40,39-25(36)15-38-4)29(20,3)12-23(35)26(19)28(2)11-17-13-33-34(22(17)10-21(16)28)18-5-6-24(31)32-14-18/h5-6,10,13-14,16,19-20,23,26,35H,7-9,11-12,15H2,1-4H3,(H,37,40). The number of hydrogen-bond donors (Lipinski definition) is 2. The molecule has 0 bridgehead atoms. The lowest BCUT2D eigenvalue weighted by molar-refractivity contribution is -0.199. The van der Waals surface area contributed by atoms with Crippen molar-refractivity contribution < 1.29 is 28.6 Å². The number of fused-ring (bicyclic) bond motifs is 6. The van der Waals surface area contributed by atoms with Crippen LogP contribution >= 0.6 is 12.6 Å². The summed E-state index contributed by atoms with van der Waals surface area (Å²) in [7, 11) is 1.41. The topological polar surface area (TPSA) is 104 Å². The van der Waals surface area contributed by atoms with Crippen LogP contribution < -0.4 is 0 Å². The van der Waals surface area contributed by atoms with Gasteiger partial charge in [0.25, 0.3) is 0 Å². The van der Waals surface area contributed by atoms with Crippen LogP contribution in [0.15, 0.2) is 30.1 Å². The molecule has 214 valence electrons. The zero-order chi connectivity index (χ0) is 28.6. The van der Waals surface area contributed by atoms with E-state index in [1.807, 2.05) is 13.1 Å². The molecule has 0 aliphatic heterocycles. The molecule has 10 heteroatoms. The second-order valence-electron chi connectivity index (χ2n) is 12.7. The van der Waals surface area contributed by atoms with Gasteiger partial charge in [0.15, 0.2) is 5.60 Å². The molecule has 4 aliphatic rings. The number of aliphatic hydroxyl groups excluding tert-OH is 1. The Labute approximate surface area is 238 Å². The largest absolute Gasteiger partial charge is 0.448 e. The van der Waals surface area contributed by atoms with Crippen LogP contribution in [0.4, 0.5) is 4.39 Å². The molecule has 2 heterocycles. The van der Waals surface area contributed by atoms with Crippen molar-refractivity contribution in [2.45, 2.75) is 64.6 Å². The van der Waals surface area contributed by atoms with E-state index in [-0.39, 0.29) is 35.7 Å². The van der Waals surface area contributed by atoms with Crippen molar-refractivity contribution in [3.63, 3.8) is 0 Å². The molecule has 3 saturated carbocycles. The van der Waals surface area contributed by atoms with Gasteiger partial charge in [0.1, 0.15) is 6.61 Å². The summed E-state index contributed by atoms with van der Waals surface area (Å²) < 4.78 is 26.1. The first-order chi connectivity index (χ1) is 18.9. The third-order valence-electron chi connectivity index (χ3n) is 10.7. The minimum atomic E-state index is -1.40. The third kappa shape index (κ3) is 3.78. The Hall–Kier alpha value is -2.56. The molecule has 0 amide bonds. The molecule has 8 nitrogen and oxygen atoms in total. The smallest absolute Gasteiger partial charge is 0.333 e. The second-order valence-corrected chi connectivity index (χ2v) is 13.1. The Morgan fingerprint density at radius 3 is 2.73 bits per heavy atom. The summed E-state index contributed by atoms with van der Waals surface area (Å²) in [6, 6.07) is 3.00. The fourth-order valence-electron chi connectivity index (χ4n) is 9.22. The van der Waals surface area contributed by atoms with E-state index < -0.39 is 34.2 Å². The molecule has 0 aromatic carbocycles. The summed E-state index contributed by atoms with van der Waals surface area (Å²) >= 11 is 4.24. The van der Waals surface area contributed by atoms with Crippen molar-refractivity contribution in [1.29, 1.82) is 0 Å².